The predicted molar refractivity (Wildman–Crippen MR) is 62.3 cm³/mol. The number of benzene rings is 1. The second-order valence-electron chi connectivity index (χ2n) is 4.05. The van der Waals surface area contributed by atoms with Crippen molar-refractivity contribution in [3.8, 4) is 5.75 Å². The fourth-order valence-corrected chi connectivity index (χ4v) is 2.41. The van der Waals surface area contributed by atoms with Gasteiger partial charge in [0.1, 0.15) is 11.9 Å². The van der Waals surface area contributed by atoms with E-state index in [-0.39, 0.29) is 0 Å². The van der Waals surface area contributed by atoms with Crippen LogP contribution in [0.15, 0.2) is 18.2 Å². The molecule has 2 rings (SSSR count). The van der Waals surface area contributed by atoms with Crippen molar-refractivity contribution in [3.05, 3.63) is 29.3 Å². The predicted octanol–water partition coefficient (Wildman–Crippen LogP) is 3.61. The summed E-state index contributed by atoms with van der Waals surface area (Å²) in [6.45, 7) is 4.24. The van der Waals surface area contributed by atoms with Crippen molar-refractivity contribution in [2.45, 2.75) is 37.6 Å². The quantitative estimate of drug-likeness (QED) is 0.733. The van der Waals surface area contributed by atoms with E-state index in [1.807, 2.05) is 0 Å². The smallest absolute Gasteiger partial charge is 0.120 e. The van der Waals surface area contributed by atoms with Gasteiger partial charge in [-0.3, -0.25) is 0 Å². The molecule has 0 unspecified atom stereocenters. The van der Waals surface area contributed by atoms with E-state index in [2.05, 4.69) is 48.0 Å². The SMILES string of the molecule is Cc1ccc(OC2CC(Br)C2)cc1C. The van der Waals surface area contributed by atoms with Gasteiger partial charge < -0.3 is 4.74 Å². The average molecular weight is 255 g/mol. The Hall–Kier alpha value is -0.500. The minimum Gasteiger partial charge on any atom is -0.490 e. The molecule has 1 aromatic carbocycles. The zero-order valence-corrected chi connectivity index (χ0v) is 10.2. The Labute approximate surface area is 93.6 Å². The van der Waals surface area contributed by atoms with Crippen LogP contribution in [0.2, 0.25) is 0 Å². The summed E-state index contributed by atoms with van der Waals surface area (Å²) in [6.07, 6.45) is 2.68. The van der Waals surface area contributed by atoms with Gasteiger partial charge in [0, 0.05) is 4.83 Å². The molecule has 0 saturated heterocycles. The van der Waals surface area contributed by atoms with Crippen LogP contribution >= 0.6 is 15.9 Å². The Bertz CT molecular complexity index is 329. The molecule has 0 spiro atoms. The molecule has 14 heavy (non-hydrogen) atoms. The van der Waals surface area contributed by atoms with Crippen molar-refractivity contribution in [2.24, 2.45) is 0 Å². The van der Waals surface area contributed by atoms with Crippen LogP contribution in [0.1, 0.15) is 24.0 Å². The van der Waals surface area contributed by atoms with E-state index >= 15 is 0 Å². The van der Waals surface area contributed by atoms with Crippen LogP contribution in [-0.2, 0) is 0 Å². The fourth-order valence-electron chi connectivity index (χ4n) is 1.58. The van der Waals surface area contributed by atoms with Crippen molar-refractivity contribution in [1.29, 1.82) is 0 Å². The summed E-state index contributed by atoms with van der Waals surface area (Å²) in [6, 6.07) is 6.30. The molecule has 0 atom stereocenters. The van der Waals surface area contributed by atoms with Crippen molar-refractivity contribution in [2.75, 3.05) is 0 Å². The lowest BCUT2D eigenvalue weighted by Crippen LogP contribution is -2.33. The van der Waals surface area contributed by atoms with Crippen LogP contribution in [-0.4, -0.2) is 10.9 Å². The lowest BCUT2D eigenvalue weighted by atomic mass is 9.96. The van der Waals surface area contributed by atoms with E-state index in [1.54, 1.807) is 0 Å². The molecule has 0 aliphatic heterocycles. The Kier molecular flexibility index (Phi) is 2.82. The highest BCUT2D eigenvalue weighted by Crippen LogP contribution is 2.31. The number of alkyl halides is 1. The van der Waals surface area contributed by atoms with Crippen LogP contribution < -0.4 is 4.74 Å². The third-order valence-electron chi connectivity index (χ3n) is 2.82. The summed E-state index contributed by atoms with van der Waals surface area (Å²) in [5.41, 5.74) is 2.63. The summed E-state index contributed by atoms with van der Waals surface area (Å²) in [4.78, 5) is 0.666. The lowest BCUT2D eigenvalue weighted by Gasteiger charge is -2.31. The average Bonchev–Trinajstić information content (AvgIpc) is 2.09. The number of rotatable bonds is 2. The van der Waals surface area contributed by atoms with Gasteiger partial charge in [0.25, 0.3) is 0 Å². The standard InChI is InChI=1S/C12H15BrO/c1-8-3-4-11(5-9(8)2)14-12-6-10(13)7-12/h3-5,10,12H,6-7H2,1-2H3. The van der Waals surface area contributed by atoms with Gasteiger partial charge >= 0.3 is 0 Å². The molecule has 2 heteroatoms. The van der Waals surface area contributed by atoms with E-state index in [4.69, 9.17) is 4.74 Å². The summed E-state index contributed by atoms with van der Waals surface area (Å²) in [5, 5.41) is 0. The van der Waals surface area contributed by atoms with Crippen molar-refractivity contribution in [1.82, 2.24) is 0 Å². The third kappa shape index (κ3) is 2.11. The summed E-state index contributed by atoms with van der Waals surface area (Å²) < 4.78 is 5.83. The first-order chi connectivity index (χ1) is 6.65. The van der Waals surface area contributed by atoms with Gasteiger partial charge in [-0.25, -0.2) is 0 Å². The number of aryl methyl sites for hydroxylation is 2. The number of halogens is 1. The first-order valence-corrected chi connectivity index (χ1v) is 5.94. The van der Waals surface area contributed by atoms with E-state index < -0.39 is 0 Å². The van der Waals surface area contributed by atoms with Gasteiger partial charge in [-0.15, -0.1) is 0 Å². The van der Waals surface area contributed by atoms with Crippen molar-refractivity contribution >= 4 is 15.9 Å². The molecule has 1 saturated carbocycles. The largest absolute Gasteiger partial charge is 0.490 e. The maximum atomic E-state index is 5.83. The molecule has 0 bridgehead atoms. The van der Waals surface area contributed by atoms with Gasteiger partial charge in [0.05, 0.1) is 0 Å². The Morgan fingerprint density at radius 1 is 1.21 bits per heavy atom. The number of hydrogen-bond acceptors (Lipinski definition) is 1. The maximum absolute atomic E-state index is 5.83. The van der Waals surface area contributed by atoms with E-state index in [9.17, 15) is 0 Å². The minimum atomic E-state index is 0.418. The lowest BCUT2D eigenvalue weighted by molar-refractivity contribution is 0.128. The van der Waals surface area contributed by atoms with Crippen molar-refractivity contribution in [3.63, 3.8) is 0 Å². The molecule has 0 heterocycles. The first-order valence-electron chi connectivity index (χ1n) is 5.03. The highest BCUT2D eigenvalue weighted by molar-refractivity contribution is 9.09. The van der Waals surface area contributed by atoms with E-state index in [0.29, 0.717) is 10.9 Å². The minimum absolute atomic E-state index is 0.418. The summed E-state index contributed by atoms with van der Waals surface area (Å²) in [7, 11) is 0. The summed E-state index contributed by atoms with van der Waals surface area (Å²) >= 11 is 3.56. The molecule has 0 aromatic heterocycles. The monoisotopic (exact) mass is 254 g/mol. The molecule has 1 nitrogen and oxygen atoms in total. The van der Waals surface area contributed by atoms with Gasteiger partial charge in [-0.2, -0.15) is 0 Å². The van der Waals surface area contributed by atoms with Crippen LogP contribution in [0.5, 0.6) is 5.75 Å². The molecule has 76 valence electrons. The molecule has 0 N–H and O–H groups in total. The Balaban J connectivity index is 2.00. The highest BCUT2D eigenvalue weighted by Gasteiger charge is 2.28. The maximum Gasteiger partial charge on any atom is 0.120 e. The van der Waals surface area contributed by atoms with Crippen LogP contribution in [0.25, 0.3) is 0 Å². The first kappa shape index (κ1) is 10.0. The topological polar surface area (TPSA) is 9.23 Å². The van der Waals surface area contributed by atoms with Crippen LogP contribution in [0.4, 0.5) is 0 Å². The molecule has 0 amide bonds. The molecule has 1 aromatic rings. The Morgan fingerprint density at radius 3 is 2.50 bits per heavy atom. The zero-order chi connectivity index (χ0) is 10.1. The van der Waals surface area contributed by atoms with Crippen molar-refractivity contribution < 1.29 is 4.74 Å². The molecule has 1 aliphatic carbocycles. The number of ether oxygens (including phenoxy) is 1. The van der Waals surface area contributed by atoms with E-state index in [1.165, 1.54) is 11.1 Å². The Morgan fingerprint density at radius 2 is 1.93 bits per heavy atom. The van der Waals surface area contributed by atoms with Gasteiger partial charge in [0.15, 0.2) is 0 Å². The van der Waals surface area contributed by atoms with Gasteiger partial charge in [-0.1, -0.05) is 22.0 Å². The molecular weight excluding hydrogens is 240 g/mol. The third-order valence-corrected chi connectivity index (χ3v) is 3.57. The molecule has 1 aliphatic rings. The van der Waals surface area contributed by atoms with Crippen LogP contribution in [0, 0.1) is 13.8 Å². The zero-order valence-electron chi connectivity index (χ0n) is 8.59. The molecule has 0 radical (unpaired) electrons. The van der Waals surface area contributed by atoms with Gasteiger partial charge in [-0.05, 0) is 49.9 Å². The normalized spacial score (nSPS) is 25.6. The summed E-state index contributed by atoms with van der Waals surface area (Å²) in [5.74, 6) is 1.01. The molecule has 1 fully saturated rings. The highest BCUT2D eigenvalue weighted by atomic mass is 79.9. The fraction of sp³-hybridized carbons (Fsp3) is 0.500. The van der Waals surface area contributed by atoms with Crippen LogP contribution in [0.3, 0.4) is 0 Å². The second kappa shape index (κ2) is 3.93. The second-order valence-corrected chi connectivity index (χ2v) is 5.35. The number of hydrogen-bond donors (Lipinski definition) is 0. The molecular formula is C12H15BrO. The van der Waals surface area contributed by atoms with E-state index in [0.717, 1.165) is 18.6 Å². The van der Waals surface area contributed by atoms with Gasteiger partial charge in [0.2, 0.25) is 0 Å².